The van der Waals surface area contributed by atoms with E-state index in [0.717, 1.165) is 23.0 Å². The second kappa shape index (κ2) is 4.82. The summed E-state index contributed by atoms with van der Waals surface area (Å²) >= 11 is 0. The van der Waals surface area contributed by atoms with Crippen LogP contribution in [0.4, 0.5) is 0 Å². The van der Waals surface area contributed by atoms with E-state index in [1.165, 1.54) is 0 Å². The van der Waals surface area contributed by atoms with Crippen molar-refractivity contribution in [2.75, 3.05) is 6.61 Å². The van der Waals surface area contributed by atoms with E-state index in [-0.39, 0.29) is 5.78 Å². The predicted molar refractivity (Wildman–Crippen MR) is 73.4 cm³/mol. The van der Waals surface area contributed by atoms with Crippen LogP contribution >= 0.6 is 0 Å². The van der Waals surface area contributed by atoms with Crippen molar-refractivity contribution in [1.82, 2.24) is 9.78 Å². The maximum atomic E-state index is 11.4. The number of rotatable bonds is 3. The molecular formula is C15H14N2O2. The molecule has 0 spiro atoms. The molecule has 96 valence electrons. The summed E-state index contributed by atoms with van der Waals surface area (Å²) in [6.45, 7) is -0.416. The van der Waals surface area contributed by atoms with E-state index >= 15 is 0 Å². The zero-order valence-electron chi connectivity index (χ0n) is 10.4. The van der Waals surface area contributed by atoms with Crippen molar-refractivity contribution in [2.24, 2.45) is 0 Å². The highest BCUT2D eigenvalue weighted by Crippen LogP contribution is 2.23. The van der Waals surface area contributed by atoms with Gasteiger partial charge < -0.3 is 5.11 Å². The van der Waals surface area contributed by atoms with E-state index in [1.54, 1.807) is 6.08 Å². The lowest BCUT2D eigenvalue weighted by Gasteiger charge is -2.13. The first-order valence-corrected chi connectivity index (χ1v) is 6.26. The van der Waals surface area contributed by atoms with Gasteiger partial charge in [0.15, 0.2) is 5.78 Å². The summed E-state index contributed by atoms with van der Waals surface area (Å²) in [7, 11) is 0. The highest BCUT2D eigenvalue weighted by atomic mass is 16.3. The smallest absolute Gasteiger partial charge is 0.184 e. The van der Waals surface area contributed by atoms with Gasteiger partial charge in [0.1, 0.15) is 6.61 Å². The lowest BCUT2D eigenvalue weighted by molar-refractivity contribution is -0.118. The molecule has 0 atom stereocenters. The molecule has 0 saturated carbocycles. The SMILES string of the molecule is O=C(CO)C1=CC=C(n2cc3ccccc3n2)CC1. The fourth-order valence-corrected chi connectivity index (χ4v) is 2.26. The number of aliphatic hydroxyl groups excluding tert-OH is 1. The number of allylic oxidation sites excluding steroid dienone is 3. The lowest BCUT2D eigenvalue weighted by atomic mass is 9.99. The Balaban J connectivity index is 1.93. The van der Waals surface area contributed by atoms with Gasteiger partial charge in [0.2, 0.25) is 0 Å². The largest absolute Gasteiger partial charge is 0.388 e. The minimum Gasteiger partial charge on any atom is -0.388 e. The molecule has 0 amide bonds. The van der Waals surface area contributed by atoms with Gasteiger partial charge in [-0.05, 0) is 30.6 Å². The Morgan fingerprint density at radius 1 is 1.26 bits per heavy atom. The highest BCUT2D eigenvalue weighted by molar-refractivity contribution is 5.97. The monoisotopic (exact) mass is 254 g/mol. The van der Waals surface area contributed by atoms with Crippen molar-refractivity contribution in [1.29, 1.82) is 0 Å². The quantitative estimate of drug-likeness (QED) is 0.913. The fraction of sp³-hybridized carbons (Fsp3) is 0.200. The van der Waals surface area contributed by atoms with Gasteiger partial charge in [-0.1, -0.05) is 24.3 Å². The maximum Gasteiger partial charge on any atom is 0.184 e. The fourth-order valence-electron chi connectivity index (χ4n) is 2.26. The normalized spacial score (nSPS) is 15.2. The number of nitrogens with zero attached hydrogens (tertiary/aromatic N) is 2. The number of aliphatic hydroxyl groups is 1. The van der Waals surface area contributed by atoms with Crippen LogP contribution < -0.4 is 0 Å². The topological polar surface area (TPSA) is 55.1 Å². The Labute approximate surface area is 110 Å². The van der Waals surface area contributed by atoms with E-state index in [4.69, 9.17) is 5.11 Å². The van der Waals surface area contributed by atoms with Crippen LogP contribution in [0.15, 0.2) is 48.2 Å². The van der Waals surface area contributed by atoms with Gasteiger partial charge in [-0.2, -0.15) is 5.10 Å². The number of benzene rings is 1. The van der Waals surface area contributed by atoms with Crippen LogP contribution in [0.1, 0.15) is 12.8 Å². The number of Topliss-reactive ketones (excluding diaryl/α,β-unsaturated/α-hetero) is 1. The van der Waals surface area contributed by atoms with E-state index in [2.05, 4.69) is 5.10 Å². The van der Waals surface area contributed by atoms with E-state index < -0.39 is 6.61 Å². The molecule has 1 heterocycles. The minimum atomic E-state index is -0.416. The molecule has 1 aliphatic rings. The van der Waals surface area contributed by atoms with Crippen LogP contribution in [-0.4, -0.2) is 27.3 Å². The first-order chi connectivity index (χ1) is 9.28. The number of hydrogen-bond acceptors (Lipinski definition) is 3. The van der Waals surface area contributed by atoms with Gasteiger partial charge in [0.05, 0.1) is 5.52 Å². The van der Waals surface area contributed by atoms with Crippen LogP contribution in [0.2, 0.25) is 0 Å². The molecule has 0 fully saturated rings. The van der Waals surface area contributed by atoms with Crippen LogP contribution in [0.25, 0.3) is 16.6 Å². The predicted octanol–water partition coefficient (Wildman–Crippen LogP) is 2.16. The van der Waals surface area contributed by atoms with Crippen molar-refractivity contribution < 1.29 is 9.90 Å². The summed E-state index contributed by atoms with van der Waals surface area (Å²) in [5.74, 6) is -0.194. The third-order valence-electron chi connectivity index (χ3n) is 3.34. The number of carbonyl (C=O) groups is 1. The Kier molecular flexibility index (Phi) is 3.01. The average Bonchev–Trinajstić information content (AvgIpc) is 2.90. The van der Waals surface area contributed by atoms with Gasteiger partial charge in [-0.3, -0.25) is 4.79 Å². The molecule has 1 aromatic carbocycles. The minimum absolute atomic E-state index is 0.194. The Morgan fingerprint density at radius 2 is 2.11 bits per heavy atom. The number of fused-ring (bicyclic) bond motifs is 1. The molecule has 3 rings (SSSR count). The van der Waals surface area contributed by atoms with Crippen LogP contribution in [-0.2, 0) is 4.79 Å². The molecule has 4 nitrogen and oxygen atoms in total. The van der Waals surface area contributed by atoms with Gasteiger partial charge in [-0.15, -0.1) is 0 Å². The molecule has 4 heteroatoms. The summed E-state index contributed by atoms with van der Waals surface area (Å²) < 4.78 is 1.86. The summed E-state index contributed by atoms with van der Waals surface area (Å²) in [5, 5.41) is 14.4. The van der Waals surface area contributed by atoms with E-state index in [0.29, 0.717) is 12.0 Å². The molecule has 0 aliphatic heterocycles. The zero-order chi connectivity index (χ0) is 13.2. The molecule has 0 unspecified atom stereocenters. The maximum absolute atomic E-state index is 11.4. The standard InChI is InChI=1S/C15H14N2O2/c18-10-15(19)11-5-7-13(8-6-11)17-9-12-3-1-2-4-14(12)16-17/h1-5,7,9,18H,6,8,10H2. The third-order valence-corrected chi connectivity index (χ3v) is 3.34. The Hall–Kier alpha value is -2.20. The first-order valence-electron chi connectivity index (χ1n) is 6.26. The number of carbonyl (C=O) groups excluding carboxylic acids is 1. The molecule has 1 aromatic heterocycles. The summed E-state index contributed by atoms with van der Waals surface area (Å²) in [6, 6.07) is 7.96. The molecule has 0 radical (unpaired) electrons. The number of hydrogen-bond donors (Lipinski definition) is 1. The zero-order valence-corrected chi connectivity index (χ0v) is 10.4. The van der Waals surface area contributed by atoms with Crippen molar-refractivity contribution in [2.45, 2.75) is 12.8 Å². The molecule has 2 aromatic rings. The van der Waals surface area contributed by atoms with Crippen molar-refractivity contribution in [3.05, 3.63) is 48.2 Å². The number of ketones is 1. The van der Waals surface area contributed by atoms with Crippen LogP contribution in [0, 0.1) is 0 Å². The molecular weight excluding hydrogens is 240 g/mol. The average molecular weight is 254 g/mol. The Morgan fingerprint density at radius 3 is 2.79 bits per heavy atom. The first kappa shape index (κ1) is 11.9. The molecule has 19 heavy (non-hydrogen) atoms. The van der Waals surface area contributed by atoms with Gasteiger partial charge >= 0.3 is 0 Å². The van der Waals surface area contributed by atoms with Gasteiger partial charge in [0.25, 0.3) is 0 Å². The number of aromatic nitrogens is 2. The summed E-state index contributed by atoms with van der Waals surface area (Å²) in [5.41, 5.74) is 2.71. The molecule has 1 aliphatic carbocycles. The van der Waals surface area contributed by atoms with E-state index in [9.17, 15) is 4.79 Å². The van der Waals surface area contributed by atoms with Crippen molar-refractivity contribution in [3.63, 3.8) is 0 Å². The molecule has 1 N–H and O–H groups in total. The van der Waals surface area contributed by atoms with E-state index in [1.807, 2.05) is 41.2 Å². The molecule has 0 bridgehead atoms. The van der Waals surface area contributed by atoms with Gasteiger partial charge in [-0.25, -0.2) is 4.68 Å². The highest BCUT2D eigenvalue weighted by Gasteiger charge is 2.14. The second-order valence-electron chi connectivity index (χ2n) is 4.56. The second-order valence-corrected chi connectivity index (χ2v) is 4.56. The summed E-state index contributed by atoms with van der Waals surface area (Å²) in [6.07, 6.45) is 7.09. The summed E-state index contributed by atoms with van der Waals surface area (Å²) in [4.78, 5) is 11.4. The van der Waals surface area contributed by atoms with Crippen LogP contribution in [0.3, 0.4) is 0 Å². The third kappa shape index (κ3) is 2.22. The lowest BCUT2D eigenvalue weighted by Crippen LogP contribution is -2.11. The van der Waals surface area contributed by atoms with Crippen molar-refractivity contribution in [3.8, 4) is 0 Å². The van der Waals surface area contributed by atoms with Gasteiger partial charge in [0, 0.05) is 17.3 Å². The Bertz CT molecular complexity index is 662. The molecule has 0 saturated heterocycles. The van der Waals surface area contributed by atoms with Crippen molar-refractivity contribution >= 4 is 22.4 Å². The van der Waals surface area contributed by atoms with Crippen LogP contribution in [0.5, 0.6) is 0 Å².